The molecule has 0 saturated carbocycles. The lowest BCUT2D eigenvalue weighted by molar-refractivity contribution is 0.0925. The second kappa shape index (κ2) is 21.0. The Morgan fingerprint density at radius 1 is 0.442 bits per heavy atom. The number of benzene rings is 3. The van der Waals surface area contributed by atoms with Crippen LogP contribution >= 0.6 is 0 Å². The Balaban J connectivity index is 0.000000131. The van der Waals surface area contributed by atoms with Crippen molar-refractivity contribution in [1.82, 2.24) is 58.7 Å². The van der Waals surface area contributed by atoms with E-state index in [1.54, 1.807) is 23.2 Å². The first kappa shape index (κ1) is 51.6. The molecule has 0 radical (unpaired) electrons. The lowest BCUT2D eigenvalue weighted by Gasteiger charge is -2.40. The Morgan fingerprint density at radius 2 is 0.792 bits per heavy atom. The maximum Gasteiger partial charge on any atom is 0.261 e. The fourth-order valence-corrected chi connectivity index (χ4v) is 9.26. The third kappa shape index (κ3) is 11.4. The maximum atomic E-state index is 12.9. The summed E-state index contributed by atoms with van der Waals surface area (Å²) in [7, 11) is 4.13. The van der Waals surface area contributed by atoms with Gasteiger partial charge in [0.15, 0.2) is 0 Å². The van der Waals surface area contributed by atoms with Gasteiger partial charge in [-0.2, -0.15) is 0 Å². The van der Waals surface area contributed by atoms with Gasteiger partial charge in [-0.15, -0.1) is 0 Å². The number of pyridine rings is 3. The predicted octanol–water partition coefficient (Wildman–Crippen LogP) is 6.90. The van der Waals surface area contributed by atoms with E-state index in [1.165, 1.54) is 0 Å². The minimum absolute atomic E-state index is 0.0128. The molecule has 15 heteroatoms. The van der Waals surface area contributed by atoms with E-state index in [4.69, 9.17) is 9.97 Å². The van der Waals surface area contributed by atoms with Crippen LogP contribution < -0.4 is 22.0 Å². The van der Waals surface area contributed by atoms with Crippen molar-refractivity contribution in [3.63, 3.8) is 0 Å². The minimum Gasteiger partial charge on any atom is -0.303 e. The highest BCUT2D eigenvalue weighted by molar-refractivity contribution is 5.81. The fourth-order valence-electron chi connectivity index (χ4n) is 9.26. The van der Waals surface area contributed by atoms with Crippen LogP contribution in [0.25, 0.3) is 32.7 Å². The fraction of sp³-hybridized carbons (Fsp3) is 0.274. The molecular weight excluding hydrogens is 961 g/mol. The summed E-state index contributed by atoms with van der Waals surface area (Å²) in [4.78, 5) is 69.9. The summed E-state index contributed by atoms with van der Waals surface area (Å²) < 4.78 is 5.39. The number of hydrogen-bond acceptors (Lipinski definition) is 12. The van der Waals surface area contributed by atoms with Crippen LogP contribution in [0.1, 0.15) is 92.8 Å². The molecule has 3 aliphatic heterocycles. The molecule has 15 nitrogen and oxygen atoms in total. The van der Waals surface area contributed by atoms with Gasteiger partial charge >= 0.3 is 0 Å². The third-order valence-corrected chi connectivity index (χ3v) is 14.3. The van der Waals surface area contributed by atoms with Crippen molar-refractivity contribution in [3.8, 4) is 35.5 Å². The van der Waals surface area contributed by atoms with Gasteiger partial charge in [0, 0.05) is 71.5 Å². The van der Waals surface area contributed by atoms with Gasteiger partial charge in [-0.25, -0.2) is 29.9 Å². The molecule has 0 aliphatic carbocycles. The average molecular weight is 1020 g/mol. The average Bonchev–Trinajstić information content (AvgIpc) is 3.42. The zero-order valence-electron chi connectivity index (χ0n) is 44.5. The molecule has 1 N–H and O–H groups in total. The van der Waals surface area contributed by atoms with Crippen molar-refractivity contribution >= 4 is 32.7 Å². The van der Waals surface area contributed by atoms with Crippen LogP contribution in [0.15, 0.2) is 142 Å². The first-order valence-corrected chi connectivity index (χ1v) is 25.5. The van der Waals surface area contributed by atoms with Crippen LogP contribution in [0.5, 0.6) is 0 Å². The molecule has 6 aromatic heterocycles. The molecule has 77 heavy (non-hydrogen) atoms. The molecule has 3 aliphatic rings. The highest BCUT2D eigenvalue weighted by atomic mass is 16.1. The summed E-state index contributed by atoms with van der Waals surface area (Å²) >= 11 is 0. The number of aromatic nitrogens is 9. The van der Waals surface area contributed by atoms with Crippen molar-refractivity contribution in [2.24, 2.45) is 0 Å². The molecule has 0 amide bonds. The number of nitrogens with one attached hydrogen (secondary N) is 1. The summed E-state index contributed by atoms with van der Waals surface area (Å²) in [6.45, 7) is 16.5. The predicted molar refractivity (Wildman–Crippen MR) is 301 cm³/mol. The van der Waals surface area contributed by atoms with E-state index in [0.717, 1.165) is 45.6 Å². The van der Waals surface area contributed by atoms with Crippen molar-refractivity contribution < 1.29 is 0 Å². The molecule has 0 atom stereocenters. The number of likely N-dealkylation sites (N-methyl/N-ethyl adjacent to an activating group) is 2. The van der Waals surface area contributed by atoms with E-state index in [9.17, 15) is 14.4 Å². The van der Waals surface area contributed by atoms with E-state index >= 15 is 0 Å². The summed E-state index contributed by atoms with van der Waals surface area (Å²) in [5.41, 5.74) is 6.51. The Hall–Kier alpha value is -8.91. The van der Waals surface area contributed by atoms with Gasteiger partial charge in [-0.1, -0.05) is 36.0 Å². The third-order valence-electron chi connectivity index (χ3n) is 14.3. The smallest absolute Gasteiger partial charge is 0.261 e. The Bertz CT molecular complexity index is 3950. The van der Waals surface area contributed by atoms with Crippen molar-refractivity contribution in [2.45, 2.75) is 97.4 Å². The summed E-state index contributed by atoms with van der Waals surface area (Å²) in [5.74, 6) is 20.8. The molecule has 384 valence electrons. The van der Waals surface area contributed by atoms with Crippen LogP contribution in [0.3, 0.4) is 0 Å². The van der Waals surface area contributed by atoms with Crippen LogP contribution in [0.4, 0.5) is 0 Å². The molecule has 0 saturated heterocycles. The number of rotatable bonds is 0. The first-order chi connectivity index (χ1) is 36.9. The lowest BCUT2D eigenvalue weighted by atomic mass is 10.0. The van der Waals surface area contributed by atoms with E-state index in [0.29, 0.717) is 77.7 Å². The van der Waals surface area contributed by atoms with E-state index in [2.05, 4.69) is 126 Å². The van der Waals surface area contributed by atoms with E-state index in [1.807, 2.05) is 118 Å². The van der Waals surface area contributed by atoms with Gasteiger partial charge in [0.2, 0.25) is 0 Å². The van der Waals surface area contributed by atoms with Gasteiger partial charge in [0.05, 0.1) is 52.3 Å². The maximum absolute atomic E-state index is 12.9. The van der Waals surface area contributed by atoms with E-state index in [-0.39, 0.29) is 33.3 Å². The highest BCUT2D eigenvalue weighted by Gasteiger charge is 2.33. The molecular formula is C62H58N12O3. The summed E-state index contributed by atoms with van der Waals surface area (Å²) in [5, 5.41) is 5.31. The van der Waals surface area contributed by atoms with Crippen molar-refractivity contribution in [1.29, 1.82) is 0 Å². The van der Waals surface area contributed by atoms with Gasteiger partial charge < -0.3 is 5.32 Å². The second-order valence-electron chi connectivity index (χ2n) is 21.4. The molecule has 0 unspecified atom stereocenters. The molecule has 0 spiro atoms. The Labute approximate surface area is 446 Å². The summed E-state index contributed by atoms with van der Waals surface area (Å²) in [6, 6.07) is 33.6. The van der Waals surface area contributed by atoms with Crippen molar-refractivity contribution in [3.05, 3.63) is 210 Å². The highest BCUT2D eigenvalue weighted by Crippen LogP contribution is 2.26. The molecule has 12 rings (SSSR count). The topological polar surface area (TPSA) is 162 Å². The van der Waals surface area contributed by atoms with Crippen LogP contribution in [0.2, 0.25) is 0 Å². The van der Waals surface area contributed by atoms with Crippen LogP contribution in [0, 0.1) is 35.5 Å². The number of fused-ring (bicyclic) bond motifs is 6. The van der Waals surface area contributed by atoms with Crippen molar-refractivity contribution in [2.75, 3.05) is 14.1 Å². The first-order valence-electron chi connectivity index (χ1n) is 25.5. The Morgan fingerprint density at radius 3 is 1.14 bits per heavy atom. The van der Waals surface area contributed by atoms with Gasteiger partial charge in [0.25, 0.3) is 16.7 Å². The monoisotopic (exact) mass is 1020 g/mol. The lowest BCUT2D eigenvalue weighted by Crippen LogP contribution is -2.51. The largest absolute Gasteiger partial charge is 0.303 e. The zero-order chi connectivity index (χ0) is 54.1. The van der Waals surface area contributed by atoms with Gasteiger partial charge in [-0.05, 0) is 164 Å². The van der Waals surface area contributed by atoms with Crippen LogP contribution in [-0.4, -0.2) is 84.1 Å². The normalized spacial score (nSPS) is 15.7. The summed E-state index contributed by atoms with van der Waals surface area (Å²) in [6.07, 6.45) is 5.15. The quantitative estimate of drug-likeness (QED) is 0.157. The minimum atomic E-state index is -0.111. The Kier molecular flexibility index (Phi) is 14.1. The zero-order valence-corrected chi connectivity index (χ0v) is 44.5. The standard InChI is InChI=1S/2C21H20N4O.C20H18N4O/c2*1-21(2)14-25-19(13-24(21)3)23-18-12-15(8-10-17(18)20(25)26)7-9-16-6-4-5-11-22-16;1-20(2)13-24-18(12-22-20)23-17-11-14(7-9-16(17)19(24)25)6-8-15-5-3-4-10-21-15/h2*4-6,8,10-12H,13-14H2,1-3H3;3-5,7,9-11,22H,12-13H2,1-2H3. The molecule has 0 bridgehead atoms. The SMILES string of the molecule is CC1(C)Cn2c(nc3cc(C#Cc4ccccn4)ccc3c2=O)CN1.CN1Cc2nc3cc(C#Cc4ccccn4)ccc3c(=O)n2CC1(C)C.CN1Cc2nc3cc(C#Cc4ccccn4)ccc3c(=O)n2CC1(C)C. The van der Waals surface area contributed by atoms with Gasteiger partial charge in [0.1, 0.15) is 34.6 Å². The van der Waals surface area contributed by atoms with Crippen LogP contribution in [-0.2, 0) is 39.3 Å². The molecule has 0 fully saturated rings. The molecule has 9 heterocycles. The van der Waals surface area contributed by atoms with Gasteiger partial charge in [-0.3, -0.25) is 37.9 Å². The van der Waals surface area contributed by atoms with E-state index < -0.39 is 0 Å². The molecule has 3 aromatic carbocycles. The number of hydrogen-bond donors (Lipinski definition) is 1. The second-order valence-corrected chi connectivity index (χ2v) is 21.4. The number of nitrogens with zero attached hydrogens (tertiary/aromatic N) is 11. The molecule has 9 aromatic rings.